The van der Waals surface area contributed by atoms with Crippen LogP contribution in [0.25, 0.3) is 0 Å². The van der Waals surface area contributed by atoms with Crippen molar-refractivity contribution in [3.05, 3.63) is 0 Å². The standard InChI is InChI=1S/C11H21NOS/c1-8(11-4-3-6-13-11)12-10-5-7-14-9(10)2/h8-12H,3-7H2,1-2H3. The van der Waals surface area contributed by atoms with Crippen LogP contribution in [0.1, 0.15) is 33.1 Å². The highest BCUT2D eigenvalue weighted by Crippen LogP contribution is 2.27. The van der Waals surface area contributed by atoms with Gasteiger partial charge in [0.25, 0.3) is 0 Å². The van der Waals surface area contributed by atoms with Gasteiger partial charge >= 0.3 is 0 Å². The lowest BCUT2D eigenvalue weighted by molar-refractivity contribution is 0.0798. The summed E-state index contributed by atoms with van der Waals surface area (Å²) in [6.07, 6.45) is 4.27. The molecule has 2 heterocycles. The van der Waals surface area contributed by atoms with Crippen LogP contribution in [0.4, 0.5) is 0 Å². The van der Waals surface area contributed by atoms with Gasteiger partial charge in [0.05, 0.1) is 6.10 Å². The number of rotatable bonds is 3. The van der Waals surface area contributed by atoms with Crippen LogP contribution < -0.4 is 5.32 Å². The second-order valence-corrected chi connectivity index (χ2v) is 5.96. The lowest BCUT2D eigenvalue weighted by Crippen LogP contribution is -2.45. The lowest BCUT2D eigenvalue weighted by atomic mass is 10.1. The maximum atomic E-state index is 5.69. The SMILES string of the molecule is CC(NC1CCSC1C)C1CCCO1. The quantitative estimate of drug-likeness (QED) is 0.778. The number of hydrogen-bond donors (Lipinski definition) is 1. The van der Waals surface area contributed by atoms with E-state index in [1.165, 1.54) is 25.0 Å². The van der Waals surface area contributed by atoms with Crippen LogP contribution in [-0.4, -0.2) is 35.8 Å². The molecule has 82 valence electrons. The van der Waals surface area contributed by atoms with Crippen LogP contribution in [0.2, 0.25) is 0 Å². The molecule has 0 spiro atoms. The van der Waals surface area contributed by atoms with Gasteiger partial charge in [-0.05, 0) is 31.9 Å². The van der Waals surface area contributed by atoms with Crippen molar-refractivity contribution in [1.29, 1.82) is 0 Å². The highest BCUT2D eigenvalue weighted by molar-refractivity contribution is 8.00. The highest BCUT2D eigenvalue weighted by atomic mass is 32.2. The molecule has 2 nitrogen and oxygen atoms in total. The average Bonchev–Trinajstić information content (AvgIpc) is 2.77. The molecule has 2 aliphatic heterocycles. The average molecular weight is 215 g/mol. The third-order valence-electron chi connectivity index (χ3n) is 3.38. The van der Waals surface area contributed by atoms with Crippen molar-refractivity contribution in [1.82, 2.24) is 5.32 Å². The van der Waals surface area contributed by atoms with Gasteiger partial charge in [-0.3, -0.25) is 0 Å². The molecule has 14 heavy (non-hydrogen) atoms. The van der Waals surface area contributed by atoms with Gasteiger partial charge in [-0.2, -0.15) is 11.8 Å². The van der Waals surface area contributed by atoms with Gasteiger partial charge in [-0.25, -0.2) is 0 Å². The molecular formula is C11H21NOS. The summed E-state index contributed by atoms with van der Waals surface area (Å²) in [5.41, 5.74) is 0. The molecule has 2 saturated heterocycles. The lowest BCUT2D eigenvalue weighted by Gasteiger charge is -2.26. The van der Waals surface area contributed by atoms with Crippen LogP contribution in [0, 0.1) is 0 Å². The van der Waals surface area contributed by atoms with Gasteiger partial charge < -0.3 is 10.1 Å². The van der Waals surface area contributed by atoms with Crippen LogP contribution >= 0.6 is 11.8 Å². The normalized spacial score (nSPS) is 40.3. The van der Waals surface area contributed by atoms with Gasteiger partial charge in [0.2, 0.25) is 0 Å². The van der Waals surface area contributed by atoms with Crippen molar-refractivity contribution in [2.75, 3.05) is 12.4 Å². The van der Waals surface area contributed by atoms with Crippen LogP contribution in [0.15, 0.2) is 0 Å². The predicted molar refractivity (Wildman–Crippen MR) is 61.9 cm³/mol. The van der Waals surface area contributed by atoms with E-state index in [0.717, 1.165) is 11.9 Å². The molecule has 4 atom stereocenters. The molecule has 0 amide bonds. The van der Waals surface area contributed by atoms with Crippen molar-refractivity contribution >= 4 is 11.8 Å². The monoisotopic (exact) mass is 215 g/mol. The third kappa shape index (κ3) is 2.44. The molecule has 1 N–H and O–H groups in total. The minimum absolute atomic E-state index is 0.466. The van der Waals surface area contributed by atoms with E-state index in [2.05, 4.69) is 30.9 Å². The number of ether oxygens (including phenoxy) is 1. The highest BCUT2D eigenvalue weighted by Gasteiger charge is 2.29. The zero-order chi connectivity index (χ0) is 9.97. The number of thioether (sulfide) groups is 1. The molecule has 0 saturated carbocycles. The first kappa shape index (κ1) is 10.8. The minimum Gasteiger partial charge on any atom is -0.377 e. The molecule has 0 aromatic rings. The van der Waals surface area contributed by atoms with E-state index in [0.29, 0.717) is 18.2 Å². The molecule has 0 aromatic carbocycles. The zero-order valence-electron chi connectivity index (χ0n) is 9.16. The van der Waals surface area contributed by atoms with E-state index >= 15 is 0 Å². The molecule has 2 fully saturated rings. The Labute approximate surface area is 91.2 Å². The summed E-state index contributed by atoms with van der Waals surface area (Å²) >= 11 is 2.09. The van der Waals surface area contributed by atoms with Gasteiger partial charge in [-0.15, -0.1) is 0 Å². The maximum Gasteiger partial charge on any atom is 0.0726 e. The van der Waals surface area contributed by atoms with Crippen LogP contribution in [-0.2, 0) is 4.74 Å². The molecule has 0 aromatic heterocycles. The zero-order valence-corrected chi connectivity index (χ0v) is 9.98. The summed E-state index contributed by atoms with van der Waals surface area (Å²) in [6.45, 7) is 5.56. The first-order chi connectivity index (χ1) is 6.77. The second kappa shape index (κ2) is 4.86. The van der Waals surface area contributed by atoms with Crippen LogP contribution in [0.5, 0.6) is 0 Å². The Morgan fingerprint density at radius 2 is 2.29 bits per heavy atom. The summed E-state index contributed by atoms with van der Waals surface area (Å²) in [5.74, 6) is 1.32. The predicted octanol–water partition coefficient (Wildman–Crippen LogP) is 2.04. The molecule has 0 bridgehead atoms. The molecule has 2 aliphatic rings. The van der Waals surface area contributed by atoms with E-state index in [4.69, 9.17) is 4.74 Å². The van der Waals surface area contributed by atoms with Crippen LogP contribution in [0.3, 0.4) is 0 Å². The van der Waals surface area contributed by atoms with E-state index in [-0.39, 0.29) is 0 Å². The van der Waals surface area contributed by atoms with Crippen molar-refractivity contribution in [2.45, 2.75) is 56.5 Å². The largest absolute Gasteiger partial charge is 0.377 e. The fourth-order valence-electron chi connectivity index (χ4n) is 2.39. The Balaban J connectivity index is 1.78. The smallest absolute Gasteiger partial charge is 0.0726 e. The van der Waals surface area contributed by atoms with Crippen molar-refractivity contribution in [3.8, 4) is 0 Å². The molecule has 0 radical (unpaired) electrons. The third-order valence-corrected chi connectivity index (χ3v) is 4.70. The Morgan fingerprint density at radius 3 is 2.86 bits per heavy atom. The van der Waals surface area contributed by atoms with E-state index in [9.17, 15) is 0 Å². The van der Waals surface area contributed by atoms with Crippen molar-refractivity contribution in [2.24, 2.45) is 0 Å². The van der Waals surface area contributed by atoms with Gasteiger partial charge in [0.15, 0.2) is 0 Å². The molecule has 3 heteroatoms. The molecule has 4 unspecified atom stereocenters. The maximum absolute atomic E-state index is 5.69. The Kier molecular flexibility index (Phi) is 3.74. The van der Waals surface area contributed by atoms with Gasteiger partial charge in [0.1, 0.15) is 0 Å². The Bertz CT molecular complexity index is 182. The van der Waals surface area contributed by atoms with E-state index in [1.54, 1.807) is 0 Å². The fourth-order valence-corrected chi connectivity index (χ4v) is 3.60. The number of nitrogens with one attached hydrogen (secondary N) is 1. The van der Waals surface area contributed by atoms with E-state index in [1.807, 2.05) is 0 Å². The Morgan fingerprint density at radius 1 is 1.43 bits per heavy atom. The molecule has 2 rings (SSSR count). The summed E-state index contributed by atoms with van der Waals surface area (Å²) in [7, 11) is 0. The minimum atomic E-state index is 0.466. The summed E-state index contributed by atoms with van der Waals surface area (Å²) < 4.78 is 5.69. The summed E-state index contributed by atoms with van der Waals surface area (Å²) in [5, 5.41) is 4.50. The second-order valence-electron chi connectivity index (χ2n) is 4.48. The summed E-state index contributed by atoms with van der Waals surface area (Å²) in [6, 6.07) is 1.24. The Hall–Kier alpha value is 0.270. The molecule has 0 aliphatic carbocycles. The van der Waals surface area contributed by atoms with Gasteiger partial charge in [-0.1, -0.05) is 6.92 Å². The first-order valence-electron chi connectivity index (χ1n) is 5.76. The van der Waals surface area contributed by atoms with E-state index < -0.39 is 0 Å². The van der Waals surface area contributed by atoms with Gasteiger partial charge in [0, 0.05) is 23.9 Å². The molecular weight excluding hydrogens is 194 g/mol. The number of hydrogen-bond acceptors (Lipinski definition) is 3. The first-order valence-corrected chi connectivity index (χ1v) is 6.81. The summed E-state index contributed by atoms with van der Waals surface area (Å²) in [4.78, 5) is 0. The van der Waals surface area contributed by atoms with Crippen molar-refractivity contribution < 1.29 is 4.74 Å². The van der Waals surface area contributed by atoms with Crippen molar-refractivity contribution in [3.63, 3.8) is 0 Å². The fraction of sp³-hybridized carbons (Fsp3) is 1.00. The topological polar surface area (TPSA) is 21.3 Å².